The van der Waals surface area contributed by atoms with Gasteiger partial charge in [-0.05, 0) is 29.2 Å². The van der Waals surface area contributed by atoms with Crippen molar-refractivity contribution in [1.82, 2.24) is 10.7 Å². The van der Waals surface area contributed by atoms with Crippen molar-refractivity contribution in [2.75, 3.05) is 6.54 Å². The summed E-state index contributed by atoms with van der Waals surface area (Å²) < 4.78 is 0. The third kappa shape index (κ3) is 6.01. The molecule has 0 heterocycles. The first-order valence-electron chi connectivity index (χ1n) is 8.42. The Bertz CT molecular complexity index is 786. The molecule has 0 saturated heterocycles. The molecule has 0 aliphatic rings. The molecule has 0 spiro atoms. The minimum atomic E-state index is -0.308. The largest absolute Gasteiger partial charge is 0.351 e. The topological polar surface area (TPSA) is 70.6 Å². The van der Waals surface area contributed by atoms with Crippen molar-refractivity contribution in [3.63, 3.8) is 0 Å². The Morgan fingerprint density at radius 3 is 2.46 bits per heavy atom. The number of hydrogen-bond donors (Lipinski definition) is 2. The second-order valence-electron chi connectivity index (χ2n) is 6.10. The molecular weight excluding hydrogens is 350 g/mol. The lowest BCUT2D eigenvalue weighted by Gasteiger charge is -2.06. The molecule has 2 rings (SSSR count). The number of rotatable bonds is 7. The molecular formula is C20H22ClN3O2. The summed E-state index contributed by atoms with van der Waals surface area (Å²) in [6, 6.07) is 14.7. The smallest absolute Gasteiger partial charge is 0.252 e. The van der Waals surface area contributed by atoms with Crippen LogP contribution < -0.4 is 10.7 Å². The summed E-state index contributed by atoms with van der Waals surface area (Å²) in [7, 11) is 0. The maximum atomic E-state index is 12.0. The van der Waals surface area contributed by atoms with Gasteiger partial charge < -0.3 is 5.32 Å². The van der Waals surface area contributed by atoms with Crippen LogP contribution in [-0.4, -0.2) is 24.6 Å². The van der Waals surface area contributed by atoms with E-state index >= 15 is 0 Å². The third-order valence-electron chi connectivity index (χ3n) is 3.76. The van der Waals surface area contributed by atoms with Crippen LogP contribution in [0.15, 0.2) is 53.6 Å². The maximum absolute atomic E-state index is 12.0. The molecule has 6 heteroatoms. The van der Waals surface area contributed by atoms with E-state index in [2.05, 4.69) is 29.7 Å². The van der Waals surface area contributed by atoms with Crippen LogP contribution in [0, 0.1) is 0 Å². The molecule has 0 bridgehead atoms. The van der Waals surface area contributed by atoms with Crippen molar-refractivity contribution in [3.05, 3.63) is 70.2 Å². The van der Waals surface area contributed by atoms with Gasteiger partial charge in [0.2, 0.25) is 5.91 Å². The molecule has 0 unspecified atom stereocenters. The van der Waals surface area contributed by atoms with Crippen molar-refractivity contribution in [1.29, 1.82) is 0 Å². The molecule has 136 valence electrons. The van der Waals surface area contributed by atoms with Crippen molar-refractivity contribution in [3.8, 4) is 0 Å². The Hall–Kier alpha value is -2.66. The average molecular weight is 372 g/mol. The van der Waals surface area contributed by atoms with Crippen LogP contribution in [0.4, 0.5) is 0 Å². The van der Waals surface area contributed by atoms with E-state index in [9.17, 15) is 9.59 Å². The summed E-state index contributed by atoms with van der Waals surface area (Å²) >= 11 is 5.96. The van der Waals surface area contributed by atoms with Gasteiger partial charge >= 0.3 is 0 Å². The summed E-state index contributed by atoms with van der Waals surface area (Å²) in [6.45, 7) is 4.47. The van der Waals surface area contributed by atoms with Crippen LogP contribution in [-0.2, 0) is 4.79 Å². The number of hydrogen-bond acceptors (Lipinski definition) is 3. The van der Waals surface area contributed by atoms with Crippen molar-refractivity contribution in [2.45, 2.75) is 26.2 Å². The van der Waals surface area contributed by atoms with Gasteiger partial charge in [-0.15, -0.1) is 0 Å². The number of halogens is 1. The Balaban J connectivity index is 1.73. The van der Waals surface area contributed by atoms with Gasteiger partial charge in [0.25, 0.3) is 5.91 Å². The van der Waals surface area contributed by atoms with Crippen LogP contribution in [0.3, 0.4) is 0 Å². The number of carbonyl (C=O) groups excluding carboxylic acids is 2. The fourth-order valence-electron chi connectivity index (χ4n) is 2.23. The molecule has 0 aromatic heterocycles. The van der Waals surface area contributed by atoms with Gasteiger partial charge in [-0.3, -0.25) is 9.59 Å². The Labute approximate surface area is 158 Å². The number of benzene rings is 2. The van der Waals surface area contributed by atoms with Crippen molar-refractivity contribution in [2.24, 2.45) is 5.10 Å². The van der Waals surface area contributed by atoms with Gasteiger partial charge in [-0.2, -0.15) is 5.10 Å². The first-order chi connectivity index (χ1) is 12.5. The molecule has 5 nitrogen and oxygen atoms in total. The van der Waals surface area contributed by atoms with Crippen LogP contribution in [0.25, 0.3) is 0 Å². The van der Waals surface area contributed by atoms with E-state index in [1.165, 1.54) is 5.56 Å². The minimum Gasteiger partial charge on any atom is -0.351 e. The molecule has 0 aliphatic heterocycles. The molecule has 2 aromatic rings. The molecule has 0 aliphatic carbocycles. The summed E-state index contributed by atoms with van der Waals surface area (Å²) in [4.78, 5) is 23.7. The Kier molecular flexibility index (Phi) is 7.36. The quantitative estimate of drug-likeness (QED) is 0.575. The summed E-state index contributed by atoms with van der Waals surface area (Å²) in [6.07, 6.45) is 1.71. The third-order valence-corrected chi connectivity index (χ3v) is 4.09. The van der Waals surface area contributed by atoms with Gasteiger partial charge in [0.05, 0.1) is 16.8 Å². The zero-order valence-corrected chi connectivity index (χ0v) is 15.6. The highest BCUT2D eigenvalue weighted by Crippen LogP contribution is 2.14. The standard InChI is InChI=1S/C20H22ClN3O2/c1-14(2)16-9-7-15(8-10-16)13-23-24-19(25)11-12-22-20(26)17-5-3-4-6-18(17)21/h3-10,13-14H,11-12H2,1-2H3,(H,22,26)(H,24,25). The zero-order valence-electron chi connectivity index (χ0n) is 14.8. The van der Waals surface area contributed by atoms with E-state index in [0.29, 0.717) is 16.5 Å². The van der Waals surface area contributed by atoms with Gasteiger partial charge in [-0.25, -0.2) is 5.43 Å². The predicted octanol–water partition coefficient (Wildman–Crippen LogP) is 3.73. The van der Waals surface area contributed by atoms with E-state index in [1.54, 1.807) is 30.5 Å². The molecule has 0 atom stereocenters. The second kappa shape index (κ2) is 9.73. The van der Waals surface area contributed by atoms with Gasteiger partial charge in [0.15, 0.2) is 0 Å². The van der Waals surface area contributed by atoms with Gasteiger partial charge in [-0.1, -0.05) is 61.8 Å². The van der Waals surface area contributed by atoms with Gasteiger partial charge in [0, 0.05) is 13.0 Å². The lowest BCUT2D eigenvalue weighted by molar-refractivity contribution is -0.120. The first-order valence-corrected chi connectivity index (χ1v) is 8.79. The molecule has 0 radical (unpaired) electrons. The van der Waals surface area contributed by atoms with E-state index in [-0.39, 0.29) is 24.8 Å². The summed E-state index contributed by atoms with van der Waals surface area (Å²) in [5.74, 6) is -0.113. The number of amides is 2. The molecule has 2 aromatic carbocycles. The minimum absolute atomic E-state index is 0.125. The van der Waals surface area contributed by atoms with E-state index in [0.717, 1.165) is 5.56 Å². The highest BCUT2D eigenvalue weighted by molar-refractivity contribution is 6.33. The van der Waals surface area contributed by atoms with Crippen molar-refractivity contribution >= 4 is 29.6 Å². The molecule has 2 amide bonds. The van der Waals surface area contributed by atoms with Crippen LogP contribution >= 0.6 is 11.6 Å². The Morgan fingerprint density at radius 2 is 1.81 bits per heavy atom. The number of nitrogens with one attached hydrogen (secondary N) is 2. The highest BCUT2D eigenvalue weighted by atomic mass is 35.5. The monoisotopic (exact) mass is 371 g/mol. The lowest BCUT2D eigenvalue weighted by Crippen LogP contribution is -2.29. The molecule has 0 saturated carbocycles. The van der Waals surface area contributed by atoms with Crippen molar-refractivity contribution < 1.29 is 9.59 Å². The normalized spacial score (nSPS) is 10.9. The Morgan fingerprint density at radius 1 is 1.12 bits per heavy atom. The fraction of sp³-hybridized carbons (Fsp3) is 0.250. The highest BCUT2D eigenvalue weighted by Gasteiger charge is 2.09. The van der Waals surface area contributed by atoms with Crippen LogP contribution in [0.1, 0.15) is 47.7 Å². The van der Waals surface area contributed by atoms with Crippen LogP contribution in [0.5, 0.6) is 0 Å². The molecule has 26 heavy (non-hydrogen) atoms. The number of hydrazone groups is 1. The van der Waals surface area contributed by atoms with Crippen LogP contribution in [0.2, 0.25) is 5.02 Å². The summed E-state index contributed by atoms with van der Waals surface area (Å²) in [5, 5.41) is 6.96. The number of nitrogens with zero attached hydrogens (tertiary/aromatic N) is 1. The fourth-order valence-corrected chi connectivity index (χ4v) is 2.45. The number of carbonyl (C=O) groups is 2. The SMILES string of the molecule is CC(C)c1ccc(C=NNC(=O)CCNC(=O)c2ccccc2Cl)cc1. The van der Waals surface area contributed by atoms with E-state index in [1.807, 2.05) is 24.3 Å². The van der Waals surface area contributed by atoms with E-state index < -0.39 is 0 Å². The maximum Gasteiger partial charge on any atom is 0.252 e. The lowest BCUT2D eigenvalue weighted by atomic mass is 10.0. The molecule has 0 fully saturated rings. The predicted molar refractivity (Wildman–Crippen MR) is 105 cm³/mol. The average Bonchev–Trinajstić information content (AvgIpc) is 2.62. The first kappa shape index (κ1) is 19.7. The zero-order chi connectivity index (χ0) is 18.9. The summed E-state index contributed by atoms with van der Waals surface area (Å²) in [5.41, 5.74) is 4.99. The second-order valence-corrected chi connectivity index (χ2v) is 6.51. The van der Waals surface area contributed by atoms with Gasteiger partial charge in [0.1, 0.15) is 0 Å². The van der Waals surface area contributed by atoms with E-state index in [4.69, 9.17) is 11.6 Å². The molecule has 2 N–H and O–H groups in total.